The van der Waals surface area contributed by atoms with E-state index in [0.29, 0.717) is 12.6 Å². The average Bonchev–Trinajstić information content (AvgIpc) is 2.27. The van der Waals surface area contributed by atoms with Crippen LogP contribution in [0.3, 0.4) is 0 Å². The Kier molecular flexibility index (Phi) is 8.06. The zero-order chi connectivity index (χ0) is 14.6. The Balaban J connectivity index is 0.00000361. The van der Waals surface area contributed by atoms with E-state index in [0.717, 1.165) is 19.4 Å². The summed E-state index contributed by atoms with van der Waals surface area (Å²) in [4.78, 5) is 14.2. The van der Waals surface area contributed by atoms with Gasteiger partial charge in [0, 0.05) is 30.8 Å². The molecular formula is C13H27ClN2O3S. The Morgan fingerprint density at radius 1 is 1.45 bits per heavy atom. The quantitative estimate of drug-likeness (QED) is 0.821. The fraction of sp³-hybridized carbons (Fsp3) is 0.923. The fourth-order valence-corrected chi connectivity index (χ4v) is 3.86. The van der Waals surface area contributed by atoms with E-state index in [9.17, 15) is 13.2 Å². The molecule has 5 nitrogen and oxygen atoms in total. The molecule has 20 heavy (non-hydrogen) atoms. The largest absolute Gasteiger partial charge is 0.339 e. The van der Waals surface area contributed by atoms with E-state index < -0.39 is 9.84 Å². The molecule has 1 aliphatic heterocycles. The summed E-state index contributed by atoms with van der Waals surface area (Å²) in [6.45, 7) is 7.22. The number of carbonyl (C=O) groups excluding carboxylic acids is 1. The van der Waals surface area contributed by atoms with Gasteiger partial charge in [-0.1, -0.05) is 0 Å². The van der Waals surface area contributed by atoms with Crippen molar-refractivity contribution in [1.29, 1.82) is 0 Å². The molecule has 120 valence electrons. The van der Waals surface area contributed by atoms with Crippen LogP contribution in [-0.4, -0.2) is 56.4 Å². The van der Waals surface area contributed by atoms with Crippen molar-refractivity contribution < 1.29 is 13.2 Å². The Morgan fingerprint density at radius 3 is 2.50 bits per heavy atom. The summed E-state index contributed by atoms with van der Waals surface area (Å²) in [7, 11) is -3.06. The van der Waals surface area contributed by atoms with Gasteiger partial charge >= 0.3 is 0 Å². The standard InChI is InChI=1S/C13H26N2O3S.ClH/c1-5-15(11(3)9-19(4,17)18)13(16)12-6-7-14-10(2)8-12;/h10-12,14H,5-9H2,1-4H3;1H/t10-,11?,12-;/m0./s1. The smallest absolute Gasteiger partial charge is 0.226 e. The second-order valence-corrected chi connectivity index (χ2v) is 7.83. The molecule has 1 saturated heterocycles. The van der Waals surface area contributed by atoms with Gasteiger partial charge in [0.1, 0.15) is 9.84 Å². The molecule has 1 N–H and O–H groups in total. The Bertz CT molecular complexity index is 414. The number of nitrogens with zero attached hydrogens (tertiary/aromatic N) is 1. The predicted octanol–water partition coefficient (Wildman–Crippen LogP) is 1.08. The number of piperidine rings is 1. The van der Waals surface area contributed by atoms with Crippen molar-refractivity contribution in [1.82, 2.24) is 10.2 Å². The molecule has 0 saturated carbocycles. The molecule has 1 fully saturated rings. The van der Waals surface area contributed by atoms with Crippen LogP contribution in [0.15, 0.2) is 0 Å². The molecule has 1 amide bonds. The van der Waals surface area contributed by atoms with E-state index in [4.69, 9.17) is 0 Å². The maximum Gasteiger partial charge on any atom is 0.226 e. The molecule has 0 radical (unpaired) electrons. The van der Waals surface area contributed by atoms with Gasteiger partial charge in [0.2, 0.25) is 5.91 Å². The number of hydrogen-bond donors (Lipinski definition) is 1. The third-order valence-corrected chi connectivity index (χ3v) is 4.76. The minimum absolute atomic E-state index is 0. The van der Waals surface area contributed by atoms with Gasteiger partial charge in [-0.3, -0.25) is 4.79 Å². The maximum atomic E-state index is 12.5. The zero-order valence-corrected chi connectivity index (χ0v) is 14.4. The summed E-state index contributed by atoms with van der Waals surface area (Å²) < 4.78 is 22.7. The summed E-state index contributed by atoms with van der Waals surface area (Å²) in [6.07, 6.45) is 2.89. The van der Waals surface area contributed by atoms with Crippen molar-refractivity contribution in [3.63, 3.8) is 0 Å². The lowest BCUT2D eigenvalue weighted by atomic mass is 9.91. The molecule has 0 bridgehead atoms. The third kappa shape index (κ3) is 5.97. The number of amides is 1. The van der Waals surface area contributed by atoms with Crippen molar-refractivity contribution in [2.24, 2.45) is 5.92 Å². The lowest BCUT2D eigenvalue weighted by Crippen LogP contribution is -2.48. The van der Waals surface area contributed by atoms with Gasteiger partial charge in [-0.25, -0.2) is 8.42 Å². The SMILES string of the molecule is CCN(C(=O)[C@H]1CCN[C@@H](C)C1)C(C)CS(C)(=O)=O.Cl. The highest BCUT2D eigenvalue weighted by molar-refractivity contribution is 7.90. The molecule has 0 aromatic heterocycles. The van der Waals surface area contributed by atoms with Crippen LogP contribution in [0.25, 0.3) is 0 Å². The van der Waals surface area contributed by atoms with Crippen LogP contribution in [0.5, 0.6) is 0 Å². The summed E-state index contributed by atoms with van der Waals surface area (Å²) in [5.41, 5.74) is 0. The predicted molar refractivity (Wildman–Crippen MR) is 84.0 cm³/mol. The van der Waals surface area contributed by atoms with Crippen molar-refractivity contribution in [2.45, 2.75) is 45.7 Å². The van der Waals surface area contributed by atoms with E-state index in [-0.39, 0.29) is 36.0 Å². The highest BCUT2D eigenvalue weighted by Gasteiger charge is 2.30. The molecule has 0 aromatic carbocycles. The first-order valence-electron chi connectivity index (χ1n) is 6.96. The molecule has 3 atom stereocenters. The first-order valence-corrected chi connectivity index (χ1v) is 9.02. The normalized spacial score (nSPS) is 24.6. The highest BCUT2D eigenvalue weighted by atomic mass is 35.5. The summed E-state index contributed by atoms with van der Waals surface area (Å²) in [5, 5.41) is 3.32. The molecule has 0 spiro atoms. The minimum Gasteiger partial charge on any atom is -0.339 e. The van der Waals surface area contributed by atoms with Gasteiger partial charge in [-0.15, -0.1) is 12.4 Å². The van der Waals surface area contributed by atoms with Crippen molar-refractivity contribution in [3.05, 3.63) is 0 Å². The lowest BCUT2D eigenvalue weighted by Gasteiger charge is -2.34. The van der Waals surface area contributed by atoms with Gasteiger partial charge < -0.3 is 10.2 Å². The molecule has 0 aromatic rings. The second-order valence-electron chi connectivity index (χ2n) is 5.64. The number of hydrogen-bond acceptors (Lipinski definition) is 4. The van der Waals surface area contributed by atoms with Crippen molar-refractivity contribution >= 4 is 28.2 Å². The highest BCUT2D eigenvalue weighted by Crippen LogP contribution is 2.20. The fourth-order valence-electron chi connectivity index (χ4n) is 2.80. The monoisotopic (exact) mass is 326 g/mol. The molecule has 1 heterocycles. The van der Waals surface area contributed by atoms with Gasteiger partial charge in [-0.05, 0) is 40.2 Å². The molecule has 1 unspecified atom stereocenters. The van der Waals surface area contributed by atoms with Gasteiger partial charge in [-0.2, -0.15) is 0 Å². The van der Waals surface area contributed by atoms with Crippen LogP contribution in [0.2, 0.25) is 0 Å². The van der Waals surface area contributed by atoms with Crippen LogP contribution < -0.4 is 5.32 Å². The number of sulfone groups is 1. The summed E-state index contributed by atoms with van der Waals surface area (Å²) in [5.74, 6) is 0.165. The zero-order valence-electron chi connectivity index (χ0n) is 12.8. The first-order chi connectivity index (χ1) is 8.74. The number of rotatable bonds is 5. The maximum absolute atomic E-state index is 12.5. The summed E-state index contributed by atoms with van der Waals surface area (Å²) >= 11 is 0. The van der Waals surface area contributed by atoms with Crippen molar-refractivity contribution in [2.75, 3.05) is 25.1 Å². The second kappa shape index (κ2) is 8.20. The molecule has 1 rings (SSSR count). The Hall–Kier alpha value is -0.330. The van der Waals surface area contributed by atoms with E-state index in [1.165, 1.54) is 6.26 Å². The number of nitrogens with one attached hydrogen (secondary N) is 1. The molecule has 0 aliphatic carbocycles. The third-order valence-electron chi connectivity index (χ3n) is 3.67. The van der Waals surface area contributed by atoms with Gasteiger partial charge in [0.05, 0.1) is 5.75 Å². The van der Waals surface area contributed by atoms with Crippen molar-refractivity contribution in [3.8, 4) is 0 Å². The van der Waals surface area contributed by atoms with Crippen LogP contribution in [0, 0.1) is 5.92 Å². The van der Waals surface area contributed by atoms with E-state index in [1.54, 1.807) is 4.90 Å². The topological polar surface area (TPSA) is 66.5 Å². The molecule has 7 heteroatoms. The van der Waals surface area contributed by atoms with Gasteiger partial charge in [0.25, 0.3) is 0 Å². The lowest BCUT2D eigenvalue weighted by molar-refractivity contribution is -0.138. The molecular weight excluding hydrogens is 300 g/mol. The van der Waals surface area contributed by atoms with E-state index in [2.05, 4.69) is 12.2 Å². The summed E-state index contributed by atoms with van der Waals surface area (Å²) in [6, 6.07) is 0.101. The number of carbonyl (C=O) groups is 1. The van der Waals surface area contributed by atoms with E-state index >= 15 is 0 Å². The van der Waals surface area contributed by atoms with Crippen LogP contribution in [-0.2, 0) is 14.6 Å². The first kappa shape index (κ1) is 19.7. The minimum atomic E-state index is -3.06. The van der Waals surface area contributed by atoms with E-state index in [1.807, 2.05) is 13.8 Å². The number of halogens is 1. The van der Waals surface area contributed by atoms with Crippen LogP contribution in [0.1, 0.15) is 33.6 Å². The van der Waals surface area contributed by atoms with Crippen LogP contribution in [0.4, 0.5) is 0 Å². The van der Waals surface area contributed by atoms with Gasteiger partial charge in [0.15, 0.2) is 0 Å². The molecule has 1 aliphatic rings. The average molecular weight is 327 g/mol. The van der Waals surface area contributed by atoms with Crippen LogP contribution >= 0.6 is 12.4 Å². The Labute approximate surface area is 128 Å². The Morgan fingerprint density at radius 2 is 2.05 bits per heavy atom.